The van der Waals surface area contributed by atoms with Crippen LogP contribution >= 0.6 is 11.6 Å². The Bertz CT molecular complexity index is 476. The Morgan fingerprint density at radius 3 is 2.44 bits per heavy atom. The maximum atomic E-state index is 11.6. The number of nitrogen functional groups attached to an aromatic ring is 1. The van der Waals surface area contributed by atoms with Gasteiger partial charge in [0.05, 0.1) is 5.56 Å². The molecule has 3 amide bonds. The average molecular weight is 270 g/mol. The highest BCUT2D eigenvalue weighted by molar-refractivity contribution is 6.38. The predicted molar refractivity (Wildman–Crippen MR) is 67.1 cm³/mol. The molecule has 0 aliphatic rings. The second-order valence-electron chi connectivity index (χ2n) is 3.32. The van der Waals surface area contributed by atoms with Crippen molar-refractivity contribution in [2.45, 2.75) is 0 Å². The zero-order chi connectivity index (χ0) is 13.5. The Morgan fingerprint density at radius 2 is 1.83 bits per heavy atom. The first-order chi connectivity index (χ1) is 8.56. The lowest BCUT2D eigenvalue weighted by Crippen LogP contribution is -2.43. The highest BCUT2D eigenvalue weighted by atomic mass is 35.5. The average Bonchev–Trinajstić information content (AvgIpc) is 2.36. The van der Waals surface area contributed by atoms with Gasteiger partial charge in [-0.3, -0.25) is 19.7 Å². The van der Waals surface area contributed by atoms with Crippen LogP contribution in [0, 0.1) is 0 Å². The van der Waals surface area contributed by atoms with Crippen LogP contribution in [-0.4, -0.2) is 30.1 Å². The number of carbonyl (C=O) groups excluding carboxylic acids is 3. The third-order valence-electron chi connectivity index (χ3n) is 2.02. The molecule has 0 saturated carbocycles. The number of nitrogens with one attached hydrogen (secondary N) is 2. The van der Waals surface area contributed by atoms with Crippen molar-refractivity contribution >= 4 is 35.0 Å². The molecule has 0 fully saturated rings. The number of alkyl halides is 1. The topological polar surface area (TPSA) is 101 Å². The van der Waals surface area contributed by atoms with Crippen LogP contribution in [-0.2, 0) is 9.59 Å². The first-order valence-electron chi connectivity index (χ1n) is 5.10. The van der Waals surface area contributed by atoms with Crippen molar-refractivity contribution in [1.82, 2.24) is 10.6 Å². The third-order valence-corrected chi connectivity index (χ3v) is 2.21. The minimum absolute atomic E-state index is 0.135. The number of amides is 3. The molecule has 0 spiro atoms. The third kappa shape index (κ3) is 3.74. The van der Waals surface area contributed by atoms with E-state index in [0.29, 0.717) is 0 Å². The van der Waals surface area contributed by atoms with E-state index in [1.807, 2.05) is 5.32 Å². The lowest BCUT2D eigenvalue weighted by molar-refractivity contribution is -0.138. The van der Waals surface area contributed by atoms with Gasteiger partial charge in [-0.2, -0.15) is 0 Å². The van der Waals surface area contributed by atoms with Gasteiger partial charge < -0.3 is 11.1 Å². The number of nitrogens with two attached hydrogens (primary N) is 1. The van der Waals surface area contributed by atoms with Gasteiger partial charge >= 0.3 is 11.8 Å². The lowest BCUT2D eigenvalue weighted by Gasteiger charge is -2.06. The molecule has 96 valence electrons. The van der Waals surface area contributed by atoms with Gasteiger partial charge in [0.15, 0.2) is 0 Å². The largest absolute Gasteiger partial charge is 0.398 e. The summed E-state index contributed by atoms with van der Waals surface area (Å²) < 4.78 is 0. The summed E-state index contributed by atoms with van der Waals surface area (Å²) in [5.41, 5.74) is 5.92. The van der Waals surface area contributed by atoms with Crippen molar-refractivity contribution in [2.75, 3.05) is 18.2 Å². The van der Waals surface area contributed by atoms with Crippen LogP contribution in [0.5, 0.6) is 0 Å². The fourth-order valence-corrected chi connectivity index (χ4v) is 1.27. The Labute approximate surface area is 108 Å². The van der Waals surface area contributed by atoms with Gasteiger partial charge in [-0.1, -0.05) is 12.1 Å². The molecule has 0 radical (unpaired) electrons. The highest BCUT2D eigenvalue weighted by Gasteiger charge is 2.18. The molecule has 0 aliphatic carbocycles. The molecule has 0 heterocycles. The monoisotopic (exact) mass is 269 g/mol. The van der Waals surface area contributed by atoms with E-state index in [4.69, 9.17) is 17.3 Å². The molecule has 1 aromatic rings. The Kier molecular flexibility index (Phi) is 5.13. The number of halogens is 1. The number of carbonyl (C=O) groups is 3. The number of para-hydroxylation sites is 1. The normalized spacial score (nSPS) is 9.61. The Balaban J connectivity index is 2.63. The van der Waals surface area contributed by atoms with E-state index in [-0.39, 0.29) is 23.7 Å². The van der Waals surface area contributed by atoms with Gasteiger partial charge in [-0.15, -0.1) is 11.6 Å². The molecule has 1 aromatic carbocycles. The van der Waals surface area contributed by atoms with E-state index in [1.165, 1.54) is 12.1 Å². The van der Waals surface area contributed by atoms with Crippen LogP contribution < -0.4 is 16.4 Å². The van der Waals surface area contributed by atoms with Crippen LogP contribution in [0.15, 0.2) is 24.3 Å². The predicted octanol–water partition coefficient (Wildman–Crippen LogP) is -0.120. The maximum absolute atomic E-state index is 11.6. The molecule has 4 N–H and O–H groups in total. The molecule has 7 heteroatoms. The number of rotatable bonds is 3. The number of hydrogen-bond acceptors (Lipinski definition) is 4. The van der Waals surface area contributed by atoms with Gasteiger partial charge in [-0.05, 0) is 12.1 Å². The van der Waals surface area contributed by atoms with E-state index in [9.17, 15) is 14.4 Å². The van der Waals surface area contributed by atoms with Crippen molar-refractivity contribution in [1.29, 1.82) is 0 Å². The smallest absolute Gasteiger partial charge is 0.316 e. The molecule has 0 atom stereocenters. The van der Waals surface area contributed by atoms with E-state index in [0.717, 1.165) is 0 Å². The zero-order valence-corrected chi connectivity index (χ0v) is 10.2. The first kappa shape index (κ1) is 14.0. The molecular weight excluding hydrogens is 258 g/mol. The molecule has 0 aliphatic heterocycles. The van der Waals surface area contributed by atoms with Gasteiger partial charge in [0, 0.05) is 18.1 Å². The number of hydrogen-bond donors (Lipinski definition) is 3. The summed E-state index contributed by atoms with van der Waals surface area (Å²) in [4.78, 5) is 34.1. The molecule has 6 nitrogen and oxygen atoms in total. The van der Waals surface area contributed by atoms with Gasteiger partial charge in [0.1, 0.15) is 0 Å². The fraction of sp³-hybridized carbons (Fsp3) is 0.182. The second kappa shape index (κ2) is 6.61. The van der Waals surface area contributed by atoms with Crippen LogP contribution in [0.2, 0.25) is 0 Å². The van der Waals surface area contributed by atoms with Crippen molar-refractivity contribution in [3.05, 3.63) is 29.8 Å². The number of benzene rings is 1. The van der Waals surface area contributed by atoms with Gasteiger partial charge in [-0.25, -0.2) is 0 Å². The van der Waals surface area contributed by atoms with Crippen LogP contribution in [0.3, 0.4) is 0 Å². The van der Waals surface area contributed by atoms with E-state index < -0.39 is 17.7 Å². The summed E-state index contributed by atoms with van der Waals surface area (Å²) in [6.45, 7) is 0.148. The van der Waals surface area contributed by atoms with E-state index in [2.05, 4.69) is 5.32 Å². The van der Waals surface area contributed by atoms with Gasteiger partial charge in [0.25, 0.3) is 5.91 Å². The molecule has 18 heavy (non-hydrogen) atoms. The molecule has 1 rings (SSSR count). The zero-order valence-electron chi connectivity index (χ0n) is 9.40. The minimum atomic E-state index is -1.05. The van der Waals surface area contributed by atoms with Crippen molar-refractivity contribution in [3.63, 3.8) is 0 Å². The van der Waals surface area contributed by atoms with E-state index in [1.54, 1.807) is 12.1 Å². The first-order valence-corrected chi connectivity index (χ1v) is 5.63. The minimum Gasteiger partial charge on any atom is -0.398 e. The van der Waals surface area contributed by atoms with E-state index >= 15 is 0 Å². The summed E-state index contributed by atoms with van der Waals surface area (Å²) >= 11 is 5.34. The summed E-state index contributed by atoms with van der Waals surface area (Å²) in [6, 6.07) is 6.23. The van der Waals surface area contributed by atoms with Crippen LogP contribution in [0.1, 0.15) is 10.4 Å². The molecule has 0 saturated heterocycles. The standard InChI is InChI=1S/C11H12ClN3O3/c12-5-6-14-10(17)11(18)15-9(16)7-3-1-2-4-8(7)13/h1-4H,5-6,13H2,(H,14,17)(H,15,16,18). The molecule has 0 unspecified atom stereocenters. The quantitative estimate of drug-likeness (QED) is 0.404. The summed E-state index contributed by atoms with van der Waals surface area (Å²) in [5.74, 6) is -2.51. The Morgan fingerprint density at radius 1 is 1.17 bits per heavy atom. The molecule has 0 aromatic heterocycles. The molecule has 0 bridgehead atoms. The van der Waals surface area contributed by atoms with Gasteiger partial charge in [0.2, 0.25) is 0 Å². The lowest BCUT2D eigenvalue weighted by atomic mass is 10.1. The van der Waals surface area contributed by atoms with Crippen molar-refractivity contribution in [3.8, 4) is 0 Å². The summed E-state index contributed by atoms with van der Waals surface area (Å²) in [6.07, 6.45) is 0. The van der Waals surface area contributed by atoms with Crippen LogP contribution in [0.25, 0.3) is 0 Å². The molecular formula is C11H12ClN3O3. The Hall–Kier alpha value is -2.08. The second-order valence-corrected chi connectivity index (χ2v) is 3.69. The SMILES string of the molecule is Nc1ccccc1C(=O)NC(=O)C(=O)NCCCl. The summed E-state index contributed by atoms with van der Waals surface area (Å²) in [5, 5.41) is 4.17. The van der Waals surface area contributed by atoms with Crippen molar-refractivity contribution in [2.24, 2.45) is 0 Å². The van der Waals surface area contributed by atoms with Crippen molar-refractivity contribution < 1.29 is 14.4 Å². The summed E-state index contributed by atoms with van der Waals surface area (Å²) in [7, 11) is 0. The highest BCUT2D eigenvalue weighted by Crippen LogP contribution is 2.09. The fourth-order valence-electron chi connectivity index (χ4n) is 1.17. The van der Waals surface area contributed by atoms with Crippen LogP contribution in [0.4, 0.5) is 5.69 Å². The number of anilines is 1. The number of imide groups is 1. The maximum Gasteiger partial charge on any atom is 0.316 e.